The van der Waals surface area contributed by atoms with E-state index in [1.165, 1.54) is 12.0 Å². The number of alkyl halides is 2. The van der Waals surface area contributed by atoms with Crippen molar-refractivity contribution in [1.82, 2.24) is 4.90 Å². The van der Waals surface area contributed by atoms with Gasteiger partial charge < -0.3 is 14.7 Å². The van der Waals surface area contributed by atoms with Gasteiger partial charge in [0.2, 0.25) is 0 Å². The van der Waals surface area contributed by atoms with Gasteiger partial charge in [-0.05, 0) is 19.3 Å². The molecule has 1 amide bonds. The summed E-state index contributed by atoms with van der Waals surface area (Å²) in [7, 11) is 1.34. The number of unbranched alkanes of at least 4 members (excludes halogenated alkanes) is 5. The molecule has 0 aromatic rings. The maximum atomic E-state index is 13.8. The minimum absolute atomic E-state index is 0.257. The first-order chi connectivity index (χ1) is 12.8. The van der Waals surface area contributed by atoms with E-state index in [9.17, 15) is 23.5 Å². The number of esters is 1. The van der Waals surface area contributed by atoms with Gasteiger partial charge in [-0.25, -0.2) is 0 Å². The van der Waals surface area contributed by atoms with Crippen LogP contribution in [-0.4, -0.2) is 53.6 Å². The van der Waals surface area contributed by atoms with Gasteiger partial charge in [-0.2, -0.15) is 8.78 Å². The molecule has 0 aromatic heterocycles. The number of hydrogen-bond donors (Lipinski definition) is 1. The molecule has 1 aliphatic heterocycles. The molecule has 1 aliphatic rings. The van der Waals surface area contributed by atoms with Gasteiger partial charge in [0.1, 0.15) is 0 Å². The maximum absolute atomic E-state index is 13.8. The van der Waals surface area contributed by atoms with Crippen LogP contribution >= 0.6 is 0 Å². The van der Waals surface area contributed by atoms with Gasteiger partial charge >= 0.3 is 11.9 Å². The third-order valence-corrected chi connectivity index (χ3v) is 4.86. The smallest absolute Gasteiger partial charge is 0.327 e. The molecule has 1 N–H and O–H groups in total. The van der Waals surface area contributed by atoms with Crippen LogP contribution in [0.1, 0.15) is 71.1 Å². The summed E-state index contributed by atoms with van der Waals surface area (Å²) in [4.78, 5) is 24.2. The Balaban J connectivity index is 2.45. The van der Waals surface area contributed by atoms with Crippen LogP contribution in [0.15, 0.2) is 12.2 Å². The van der Waals surface area contributed by atoms with Crippen molar-refractivity contribution in [3.63, 3.8) is 0 Å². The Morgan fingerprint density at radius 3 is 2.67 bits per heavy atom. The second-order valence-corrected chi connectivity index (χ2v) is 7.16. The number of likely N-dealkylation sites (tertiary alicyclic amines) is 1. The van der Waals surface area contributed by atoms with Crippen LogP contribution in [0.5, 0.6) is 0 Å². The Hall–Kier alpha value is -1.50. The third kappa shape index (κ3) is 8.37. The largest absolute Gasteiger partial charge is 0.469 e. The van der Waals surface area contributed by atoms with E-state index in [0.717, 1.165) is 32.1 Å². The summed E-state index contributed by atoms with van der Waals surface area (Å²) in [6.07, 6.45) is 8.61. The quantitative estimate of drug-likeness (QED) is 0.295. The molecule has 0 saturated carbocycles. The van der Waals surface area contributed by atoms with Crippen molar-refractivity contribution in [2.24, 2.45) is 0 Å². The maximum Gasteiger partial charge on any atom is 0.327 e. The lowest BCUT2D eigenvalue weighted by atomic mass is 10.1. The Kier molecular flexibility index (Phi) is 10.5. The van der Waals surface area contributed by atoms with Gasteiger partial charge in [0.05, 0.1) is 19.3 Å². The zero-order valence-corrected chi connectivity index (χ0v) is 16.5. The van der Waals surface area contributed by atoms with Crippen LogP contribution in [0.2, 0.25) is 0 Å². The Labute approximate surface area is 160 Å². The molecule has 0 radical (unpaired) electrons. The van der Waals surface area contributed by atoms with Crippen molar-refractivity contribution >= 4 is 11.9 Å². The Morgan fingerprint density at radius 1 is 1.30 bits per heavy atom. The molecule has 5 nitrogen and oxygen atoms in total. The summed E-state index contributed by atoms with van der Waals surface area (Å²) in [5, 5.41) is 9.94. The number of carbonyl (C=O) groups excluding carboxylic acids is 2. The highest BCUT2D eigenvalue weighted by molar-refractivity contribution is 5.86. The van der Waals surface area contributed by atoms with E-state index in [1.54, 1.807) is 12.2 Å². The topological polar surface area (TPSA) is 66.8 Å². The molecule has 0 aliphatic carbocycles. The molecule has 1 heterocycles. The van der Waals surface area contributed by atoms with Crippen LogP contribution in [0.3, 0.4) is 0 Å². The molecule has 0 bridgehead atoms. The summed E-state index contributed by atoms with van der Waals surface area (Å²) < 4.78 is 32.2. The highest BCUT2D eigenvalue weighted by atomic mass is 19.3. The molecule has 1 saturated heterocycles. The van der Waals surface area contributed by atoms with Crippen molar-refractivity contribution in [2.75, 3.05) is 13.7 Å². The highest BCUT2D eigenvalue weighted by Crippen LogP contribution is 2.34. The fourth-order valence-electron chi connectivity index (χ4n) is 3.22. The number of rotatable bonds is 13. The number of nitrogens with zero attached hydrogens (tertiary/aromatic N) is 1. The predicted octanol–water partition coefficient (Wildman–Crippen LogP) is 3.84. The second kappa shape index (κ2) is 12.1. The third-order valence-electron chi connectivity index (χ3n) is 4.86. The summed E-state index contributed by atoms with van der Waals surface area (Å²) in [5.74, 6) is -4.73. The lowest BCUT2D eigenvalue weighted by Crippen LogP contribution is -2.36. The molecule has 0 unspecified atom stereocenters. The summed E-state index contributed by atoms with van der Waals surface area (Å²) in [6.45, 7) is 2.33. The van der Waals surface area contributed by atoms with Gasteiger partial charge in [-0.3, -0.25) is 9.59 Å². The van der Waals surface area contributed by atoms with Crippen LogP contribution in [0, 0.1) is 0 Å². The van der Waals surface area contributed by atoms with Gasteiger partial charge in [0, 0.05) is 19.4 Å². The first-order valence-corrected chi connectivity index (χ1v) is 9.94. The highest BCUT2D eigenvalue weighted by Gasteiger charge is 2.52. The van der Waals surface area contributed by atoms with Crippen LogP contribution in [-0.2, 0) is 14.3 Å². The number of hydrogen-bond acceptors (Lipinski definition) is 4. The number of aliphatic hydroxyl groups excluding tert-OH is 1. The predicted molar refractivity (Wildman–Crippen MR) is 99.5 cm³/mol. The van der Waals surface area contributed by atoms with E-state index in [4.69, 9.17) is 0 Å². The fourth-order valence-corrected chi connectivity index (χ4v) is 3.22. The molecular weight excluding hydrogens is 356 g/mol. The van der Waals surface area contributed by atoms with Crippen LogP contribution in [0.25, 0.3) is 0 Å². The average Bonchev–Trinajstić information content (AvgIpc) is 2.85. The van der Waals surface area contributed by atoms with Crippen molar-refractivity contribution in [1.29, 1.82) is 0 Å². The standard InChI is InChI=1S/C20H33F2NO4/c1-3-4-7-10-17(24)13-12-16-15-20(21,22)19(26)23(16)14-9-6-5-8-11-18(25)27-2/h12-13,16-17,24H,3-11,14-15H2,1-2H3/t16-,17-/m0/s1. The number of amides is 1. The summed E-state index contributed by atoms with van der Waals surface area (Å²) in [5.41, 5.74) is 0. The Bertz CT molecular complexity index is 496. The second-order valence-electron chi connectivity index (χ2n) is 7.16. The SMILES string of the molecule is CCCCC[C@H](O)C=C[C@H]1CC(F)(F)C(=O)N1CCCCCCC(=O)OC. The summed E-state index contributed by atoms with van der Waals surface area (Å²) in [6, 6.07) is -0.677. The molecule has 0 aromatic carbocycles. The molecule has 0 spiro atoms. The number of carbonyl (C=O) groups is 2. The van der Waals surface area contributed by atoms with E-state index >= 15 is 0 Å². The first-order valence-electron chi connectivity index (χ1n) is 9.94. The normalized spacial score (nSPS) is 20.4. The molecule has 7 heteroatoms. The van der Waals surface area contributed by atoms with Crippen LogP contribution < -0.4 is 0 Å². The van der Waals surface area contributed by atoms with E-state index in [2.05, 4.69) is 11.7 Å². The van der Waals surface area contributed by atoms with Crippen LogP contribution in [0.4, 0.5) is 8.78 Å². The number of ether oxygens (including phenoxy) is 1. The fraction of sp³-hybridized carbons (Fsp3) is 0.800. The molecule has 1 rings (SSSR count). The zero-order chi connectivity index (χ0) is 20.3. The van der Waals surface area contributed by atoms with Crippen molar-refractivity contribution < 1.29 is 28.2 Å². The van der Waals surface area contributed by atoms with E-state index < -0.39 is 30.4 Å². The van der Waals surface area contributed by atoms with Crippen molar-refractivity contribution in [2.45, 2.75) is 89.2 Å². The van der Waals surface area contributed by atoms with Gasteiger partial charge in [0.25, 0.3) is 5.91 Å². The number of aliphatic hydroxyl groups is 1. The van der Waals surface area contributed by atoms with E-state index in [-0.39, 0.29) is 12.5 Å². The van der Waals surface area contributed by atoms with Crippen molar-refractivity contribution in [3.05, 3.63) is 12.2 Å². The minimum Gasteiger partial charge on any atom is -0.469 e. The molecule has 2 atom stereocenters. The lowest BCUT2D eigenvalue weighted by molar-refractivity contribution is -0.148. The molecular formula is C20H33F2NO4. The molecule has 27 heavy (non-hydrogen) atoms. The first kappa shape index (κ1) is 23.5. The monoisotopic (exact) mass is 389 g/mol. The van der Waals surface area contributed by atoms with Gasteiger partial charge in [-0.1, -0.05) is 51.2 Å². The average molecular weight is 389 g/mol. The zero-order valence-electron chi connectivity index (χ0n) is 16.5. The van der Waals surface area contributed by atoms with Gasteiger partial charge in [-0.15, -0.1) is 0 Å². The minimum atomic E-state index is -3.34. The molecule has 1 fully saturated rings. The van der Waals surface area contributed by atoms with E-state index in [1.807, 2.05) is 0 Å². The number of methoxy groups -OCH3 is 1. The van der Waals surface area contributed by atoms with Crippen molar-refractivity contribution in [3.8, 4) is 0 Å². The molecule has 156 valence electrons. The van der Waals surface area contributed by atoms with Gasteiger partial charge in [0.15, 0.2) is 0 Å². The van der Waals surface area contributed by atoms with E-state index in [0.29, 0.717) is 25.7 Å². The number of halogens is 2. The lowest BCUT2D eigenvalue weighted by Gasteiger charge is -2.22. The Morgan fingerprint density at radius 2 is 2.00 bits per heavy atom. The summed E-state index contributed by atoms with van der Waals surface area (Å²) >= 11 is 0.